The van der Waals surface area contributed by atoms with Crippen molar-refractivity contribution in [3.8, 4) is 16.9 Å². The summed E-state index contributed by atoms with van der Waals surface area (Å²) in [7, 11) is 0. The van der Waals surface area contributed by atoms with Crippen LogP contribution in [0.4, 0.5) is 0 Å². The topological polar surface area (TPSA) is 129 Å². The molecule has 0 atom stereocenters. The van der Waals surface area contributed by atoms with Gasteiger partial charge >= 0.3 is 5.97 Å². The summed E-state index contributed by atoms with van der Waals surface area (Å²) in [5, 5.41) is 9.75. The number of benzene rings is 3. The summed E-state index contributed by atoms with van der Waals surface area (Å²) >= 11 is 0. The molecule has 0 saturated carbocycles. The second-order valence-electron chi connectivity index (χ2n) is 7.36. The van der Waals surface area contributed by atoms with Crippen LogP contribution in [-0.4, -0.2) is 17.0 Å². The number of carboxylic acid groups (broad SMARTS) is 1. The number of nitrogens with two attached hydrogens (primary N) is 2. The lowest BCUT2D eigenvalue weighted by Gasteiger charge is -2.15. The van der Waals surface area contributed by atoms with Gasteiger partial charge in [0.15, 0.2) is 0 Å². The second-order valence-corrected chi connectivity index (χ2v) is 7.36. The van der Waals surface area contributed by atoms with Crippen LogP contribution >= 0.6 is 0 Å². The minimum absolute atomic E-state index is 0.0274. The Morgan fingerprint density at radius 2 is 1.81 bits per heavy atom. The Kier molecular flexibility index (Phi) is 5.91. The van der Waals surface area contributed by atoms with Gasteiger partial charge in [-0.25, -0.2) is 0 Å². The van der Waals surface area contributed by atoms with E-state index in [0.717, 1.165) is 16.7 Å². The van der Waals surface area contributed by atoms with E-state index in [2.05, 4.69) is 0 Å². The molecule has 0 saturated heterocycles. The highest BCUT2D eigenvalue weighted by Crippen LogP contribution is 2.35. The molecule has 0 radical (unpaired) electrons. The largest absolute Gasteiger partial charge is 0.489 e. The molecule has 4 rings (SSSR count). The molecule has 162 valence electrons. The van der Waals surface area contributed by atoms with Crippen molar-refractivity contribution in [3.05, 3.63) is 89.2 Å². The summed E-state index contributed by atoms with van der Waals surface area (Å²) in [5.41, 5.74) is 16.1. The van der Waals surface area contributed by atoms with Gasteiger partial charge in [-0.1, -0.05) is 36.4 Å². The number of fused-ring (bicyclic) bond motifs is 1. The molecule has 1 heterocycles. The average molecular weight is 430 g/mol. The number of hydrogen-bond donors (Lipinski definition) is 3. The first-order chi connectivity index (χ1) is 15.5. The fourth-order valence-electron chi connectivity index (χ4n) is 3.79. The molecule has 3 aromatic carbocycles. The predicted octanol–water partition coefficient (Wildman–Crippen LogP) is 3.86. The molecular weight excluding hydrogens is 408 g/mol. The Bertz CT molecular complexity index is 1310. The maximum atomic E-state index is 12.3. The molecule has 0 aliphatic rings. The van der Waals surface area contributed by atoms with E-state index in [1.165, 1.54) is 6.26 Å². The summed E-state index contributed by atoms with van der Waals surface area (Å²) in [6.07, 6.45) is 1.34. The summed E-state index contributed by atoms with van der Waals surface area (Å²) in [5.74, 6) is -1.12. The molecule has 5 N–H and O–H groups in total. The van der Waals surface area contributed by atoms with Gasteiger partial charge in [0.05, 0.1) is 18.2 Å². The molecule has 32 heavy (non-hydrogen) atoms. The zero-order chi connectivity index (χ0) is 22.7. The van der Waals surface area contributed by atoms with Crippen LogP contribution < -0.4 is 16.2 Å². The SMILES string of the molecule is NCc1cccc(-c2cc(COc3ccccc3CC(=O)O)c(C(N)=O)c3ccoc23)c1. The number of carbonyl (C=O) groups is 2. The van der Waals surface area contributed by atoms with Crippen LogP contribution in [0.2, 0.25) is 0 Å². The zero-order valence-electron chi connectivity index (χ0n) is 17.2. The second kappa shape index (κ2) is 8.95. The van der Waals surface area contributed by atoms with Gasteiger partial charge in [0.1, 0.15) is 17.9 Å². The van der Waals surface area contributed by atoms with Crippen LogP contribution in [0.5, 0.6) is 5.75 Å². The normalized spacial score (nSPS) is 10.9. The van der Waals surface area contributed by atoms with E-state index in [1.54, 1.807) is 30.3 Å². The van der Waals surface area contributed by atoms with Crippen molar-refractivity contribution in [3.63, 3.8) is 0 Å². The van der Waals surface area contributed by atoms with Crippen molar-refractivity contribution in [1.29, 1.82) is 0 Å². The smallest absolute Gasteiger partial charge is 0.307 e. The van der Waals surface area contributed by atoms with Crippen molar-refractivity contribution >= 4 is 22.8 Å². The minimum Gasteiger partial charge on any atom is -0.489 e. The first kappa shape index (κ1) is 21.1. The third-order valence-electron chi connectivity index (χ3n) is 5.24. The standard InChI is InChI=1S/C25H22N2O5/c26-13-15-4-3-6-16(10-15)20-11-18(23(25(27)30)19-8-9-31-24(19)20)14-32-21-7-2-1-5-17(21)12-22(28)29/h1-11H,12-14,26H2,(H2,27,30)(H,28,29). The Morgan fingerprint density at radius 1 is 1.00 bits per heavy atom. The van der Waals surface area contributed by atoms with Gasteiger partial charge < -0.3 is 25.7 Å². The molecular formula is C25H22N2O5. The van der Waals surface area contributed by atoms with Gasteiger partial charge in [-0.2, -0.15) is 0 Å². The van der Waals surface area contributed by atoms with Gasteiger partial charge in [-0.05, 0) is 35.4 Å². The third kappa shape index (κ3) is 4.19. The highest BCUT2D eigenvalue weighted by Gasteiger charge is 2.20. The highest BCUT2D eigenvalue weighted by atomic mass is 16.5. The molecule has 4 aromatic rings. The Hall–Kier alpha value is -4.10. The lowest BCUT2D eigenvalue weighted by atomic mass is 9.94. The maximum Gasteiger partial charge on any atom is 0.307 e. The van der Waals surface area contributed by atoms with Crippen LogP contribution in [-0.2, 0) is 24.4 Å². The maximum absolute atomic E-state index is 12.3. The Morgan fingerprint density at radius 3 is 2.56 bits per heavy atom. The molecule has 0 aliphatic heterocycles. The Labute approximate surface area is 184 Å². The van der Waals surface area contributed by atoms with E-state index in [1.807, 2.05) is 30.3 Å². The van der Waals surface area contributed by atoms with E-state index in [-0.39, 0.29) is 13.0 Å². The molecule has 0 spiro atoms. The number of primary amides is 1. The molecule has 1 amide bonds. The van der Waals surface area contributed by atoms with Crippen molar-refractivity contribution in [2.75, 3.05) is 0 Å². The molecule has 0 unspecified atom stereocenters. The van der Waals surface area contributed by atoms with Crippen LogP contribution in [0.25, 0.3) is 22.1 Å². The number of hydrogen-bond acceptors (Lipinski definition) is 5. The van der Waals surface area contributed by atoms with Crippen molar-refractivity contribution in [2.24, 2.45) is 11.5 Å². The molecule has 7 heteroatoms. The number of furan rings is 1. The van der Waals surface area contributed by atoms with Crippen molar-refractivity contribution in [2.45, 2.75) is 19.6 Å². The number of carbonyl (C=O) groups excluding carboxylic acids is 1. The Balaban J connectivity index is 1.80. The van der Waals surface area contributed by atoms with E-state index >= 15 is 0 Å². The molecule has 0 bridgehead atoms. The van der Waals surface area contributed by atoms with Gasteiger partial charge in [0.2, 0.25) is 5.91 Å². The fourth-order valence-corrected chi connectivity index (χ4v) is 3.79. The quantitative estimate of drug-likeness (QED) is 0.389. The molecule has 0 aliphatic carbocycles. The number of aliphatic carboxylic acids is 1. The van der Waals surface area contributed by atoms with E-state index in [0.29, 0.717) is 40.0 Å². The average Bonchev–Trinajstić information content (AvgIpc) is 3.26. The highest BCUT2D eigenvalue weighted by molar-refractivity contribution is 6.10. The first-order valence-electron chi connectivity index (χ1n) is 10.0. The van der Waals surface area contributed by atoms with Crippen LogP contribution in [0.1, 0.15) is 27.0 Å². The number of carboxylic acids is 1. The van der Waals surface area contributed by atoms with Crippen molar-refractivity contribution < 1.29 is 23.8 Å². The fraction of sp³-hybridized carbons (Fsp3) is 0.120. The first-order valence-corrected chi connectivity index (χ1v) is 10.0. The minimum atomic E-state index is -0.958. The summed E-state index contributed by atoms with van der Waals surface area (Å²) in [4.78, 5) is 23.5. The molecule has 7 nitrogen and oxygen atoms in total. The third-order valence-corrected chi connectivity index (χ3v) is 5.24. The summed E-state index contributed by atoms with van der Waals surface area (Å²) < 4.78 is 11.7. The summed E-state index contributed by atoms with van der Waals surface area (Å²) in [6, 6.07) is 18.2. The lowest BCUT2D eigenvalue weighted by molar-refractivity contribution is -0.136. The van der Waals surface area contributed by atoms with Crippen molar-refractivity contribution in [1.82, 2.24) is 0 Å². The van der Waals surface area contributed by atoms with E-state index < -0.39 is 11.9 Å². The number of para-hydroxylation sites is 1. The van der Waals surface area contributed by atoms with Crippen LogP contribution in [0.3, 0.4) is 0 Å². The number of amides is 1. The number of rotatable bonds is 8. The zero-order valence-corrected chi connectivity index (χ0v) is 17.2. The monoisotopic (exact) mass is 430 g/mol. The van der Waals surface area contributed by atoms with Gasteiger partial charge in [0.25, 0.3) is 0 Å². The van der Waals surface area contributed by atoms with Gasteiger partial charge in [-0.15, -0.1) is 0 Å². The molecule has 1 aromatic heterocycles. The van der Waals surface area contributed by atoms with Gasteiger partial charge in [0, 0.05) is 28.6 Å². The van der Waals surface area contributed by atoms with Crippen LogP contribution in [0.15, 0.2) is 71.3 Å². The van der Waals surface area contributed by atoms with Gasteiger partial charge in [-0.3, -0.25) is 9.59 Å². The van der Waals surface area contributed by atoms with E-state index in [9.17, 15) is 9.59 Å². The lowest BCUT2D eigenvalue weighted by Crippen LogP contribution is -2.16. The molecule has 0 fully saturated rings. The number of ether oxygens (including phenoxy) is 1. The van der Waals surface area contributed by atoms with E-state index in [4.69, 9.17) is 25.7 Å². The van der Waals surface area contributed by atoms with Crippen LogP contribution in [0, 0.1) is 0 Å². The predicted molar refractivity (Wildman–Crippen MR) is 120 cm³/mol. The summed E-state index contributed by atoms with van der Waals surface area (Å²) in [6.45, 7) is 0.421.